The number of hydrogen-bond donors (Lipinski definition) is 1. The summed E-state index contributed by atoms with van der Waals surface area (Å²) in [5.74, 6) is -0.956. The predicted molar refractivity (Wildman–Crippen MR) is 133 cm³/mol. The third kappa shape index (κ3) is 3.97. The number of carboxylic acid groups (broad SMARTS) is 1. The first kappa shape index (κ1) is 23.1. The number of ether oxygens (including phenoxy) is 3. The summed E-state index contributed by atoms with van der Waals surface area (Å²) in [4.78, 5) is 31.5. The van der Waals surface area contributed by atoms with Gasteiger partial charge < -0.3 is 28.8 Å². The van der Waals surface area contributed by atoms with Crippen LogP contribution >= 0.6 is 0 Å². The van der Waals surface area contributed by atoms with Gasteiger partial charge in [-0.15, -0.1) is 0 Å². The van der Waals surface area contributed by atoms with Crippen LogP contribution in [0.2, 0.25) is 0 Å². The summed E-state index contributed by atoms with van der Waals surface area (Å²) in [5, 5.41) is 10.0. The smallest absolute Gasteiger partial charge is 0.341 e. The van der Waals surface area contributed by atoms with Crippen LogP contribution in [0, 0.1) is 0 Å². The molecule has 0 spiro atoms. The molecule has 2 aromatic heterocycles. The number of hydrogen-bond acceptors (Lipinski definition) is 7. The number of benzene rings is 1. The van der Waals surface area contributed by atoms with Gasteiger partial charge in [-0.3, -0.25) is 4.79 Å². The lowest BCUT2D eigenvalue weighted by Gasteiger charge is -2.23. The first-order valence-electron chi connectivity index (χ1n) is 12.3. The van der Waals surface area contributed by atoms with Crippen molar-refractivity contribution in [3.8, 4) is 11.1 Å². The van der Waals surface area contributed by atoms with E-state index in [0.29, 0.717) is 31.8 Å². The van der Waals surface area contributed by atoms with Crippen molar-refractivity contribution in [1.29, 1.82) is 0 Å². The topological polar surface area (TPSA) is 103 Å². The van der Waals surface area contributed by atoms with Gasteiger partial charge in [-0.25, -0.2) is 9.78 Å². The summed E-state index contributed by atoms with van der Waals surface area (Å²) >= 11 is 0. The van der Waals surface area contributed by atoms with E-state index in [0.717, 1.165) is 46.4 Å². The maximum atomic E-state index is 13.0. The van der Waals surface area contributed by atoms with Crippen LogP contribution in [0.15, 0.2) is 35.4 Å². The van der Waals surface area contributed by atoms with E-state index in [1.165, 1.54) is 6.20 Å². The van der Waals surface area contributed by atoms with Gasteiger partial charge in [0.25, 0.3) is 0 Å². The van der Waals surface area contributed by atoms with Crippen molar-refractivity contribution in [1.82, 2.24) is 9.55 Å². The number of anilines is 1. The number of aromatic nitrogens is 2. The van der Waals surface area contributed by atoms with Crippen LogP contribution < -0.4 is 10.3 Å². The number of aromatic carboxylic acids is 1. The summed E-state index contributed by atoms with van der Waals surface area (Å²) in [7, 11) is 1.98. The van der Waals surface area contributed by atoms with Crippen molar-refractivity contribution < 1.29 is 24.1 Å². The molecule has 2 aliphatic heterocycles. The van der Waals surface area contributed by atoms with E-state index in [1.807, 2.05) is 43.8 Å². The largest absolute Gasteiger partial charge is 0.477 e. The lowest BCUT2D eigenvalue weighted by molar-refractivity contribution is -0.137. The quantitative estimate of drug-likeness (QED) is 0.576. The fraction of sp³-hybridized carbons (Fsp3) is 0.444. The Kier molecular flexibility index (Phi) is 5.40. The molecule has 188 valence electrons. The van der Waals surface area contributed by atoms with E-state index in [-0.39, 0.29) is 17.7 Å². The zero-order chi connectivity index (χ0) is 25.2. The Morgan fingerprint density at radius 2 is 2.06 bits per heavy atom. The SMILES string of the molecule is CN(C[C@H]1COC(C)(C)O1)c1cc2c(cn1)-c1ccc3c(=O)c(C(=O)O)cn(C4CC4)c3c1COC2. The molecule has 4 heterocycles. The second-order valence-corrected chi connectivity index (χ2v) is 10.3. The van der Waals surface area contributed by atoms with Gasteiger partial charge in [0.2, 0.25) is 5.43 Å². The first-order valence-corrected chi connectivity index (χ1v) is 12.3. The molecular formula is C27H29N3O6. The minimum atomic E-state index is -1.20. The highest BCUT2D eigenvalue weighted by Gasteiger charge is 2.34. The van der Waals surface area contributed by atoms with Crippen molar-refractivity contribution in [3.05, 3.63) is 57.5 Å². The zero-order valence-corrected chi connectivity index (χ0v) is 20.6. The fourth-order valence-corrected chi connectivity index (χ4v) is 5.28. The average Bonchev–Trinajstić information content (AvgIpc) is 3.64. The standard InChI is InChI=1S/C27H29N3O6/c1-27(2)35-13-17(36-27)10-29(3)23-8-15-12-34-14-22-18(20(15)9-28-23)6-7-19-24(22)30(16-4-5-16)11-21(25(19)31)26(32)33/h6-9,11,16-17H,4-5,10,12-14H2,1-3H3,(H,32,33)/t17-/m0/s1. The Labute approximate surface area is 208 Å². The second-order valence-electron chi connectivity index (χ2n) is 10.3. The molecule has 1 atom stereocenters. The third-order valence-corrected chi connectivity index (χ3v) is 7.17. The maximum Gasteiger partial charge on any atom is 0.341 e. The number of rotatable bonds is 5. The molecule has 1 N–H and O–H groups in total. The molecule has 0 bridgehead atoms. The molecule has 9 nitrogen and oxygen atoms in total. The molecule has 1 saturated carbocycles. The van der Waals surface area contributed by atoms with Crippen LogP contribution in [0.25, 0.3) is 22.0 Å². The summed E-state index contributed by atoms with van der Waals surface area (Å²) in [6.45, 7) is 5.75. The Morgan fingerprint density at radius 3 is 2.75 bits per heavy atom. The van der Waals surface area contributed by atoms with Crippen LogP contribution in [0.3, 0.4) is 0 Å². The van der Waals surface area contributed by atoms with Crippen molar-refractivity contribution in [3.63, 3.8) is 0 Å². The van der Waals surface area contributed by atoms with Gasteiger partial charge in [0.1, 0.15) is 17.5 Å². The van der Waals surface area contributed by atoms with Crippen molar-refractivity contribution in [2.75, 3.05) is 25.1 Å². The molecule has 2 fully saturated rings. The van der Waals surface area contributed by atoms with Crippen molar-refractivity contribution in [2.45, 2.75) is 57.8 Å². The summed E-state index contributed by atoms with van der Waals surface area (Å²) < 4.78 is 19.7. The molecule has 0 radical (unpaired) electrons. The zero-order valence-electron chi connectivity index (χ0n) is 20.6. The molecule has 1 saturated heterocycles. The third-order valence-electron chi connectivity index (χ3n) is 7.17. The van der Waals surface area contributed by atoms with Crippen LogP contribution in [0.5, 0.6) is 0 Å². The minimum Gasteiger partial charge on any atom is -0.477 e. The number of pyridine rings is 2. The van der Waals surface area contributed by atoms with Gasteiger partial charge >= 0.3 is 5.97 Å². The number of likely N-dealkylation sites (N-methyl/N-ethyl adjacent to an activating group) is 1. The highest BCUT2D eigenvalue weighted by atomic mass is 16.7. The van der Waals surface area contributed by atoms with Gasteiger partial charge in [-0.05, 0) is 49.9 Å². The van der Waals surface area contributed by atoms with E-state index in [1.54, 1.807) is 6.07 Å². The Balaban J connectivity index is 1.41. The number of nitrogens with zero attached hydrogens (tertiary/aromatic N) is 3. The summed E-state index contributed by atoms with van der Waals surface area (Å²) in [5.41, 5.74) is 3.94. The van der Waals surface area contributed by atoms with Crippen LogP contribution in [-0.4, -0.2) is 52.7 Å². The highest BCUT2D eigenvalue weighted by Crippen LogP contribution is 2.41. The van der Waals surface area contributed by atoms with Gasteiger partial charge in [0.15, 0.2) is 5.79 Å². The molecule has 1 aromatic carbocycles. The van der Waals surface area contributed by atoms with Gasteiger partial charge in [-0.2, -0.15) is 0 Å². The second kappa shape index (κ2) is 8.40. The Bertz CT molecular complexity index is 1440. The number of carbonyl (C=O) groups is 1. The van der Waals surface area contributed by atoms with E-state index >= 15 is 0 Å². The maximum absolute atomic E-state index is 13.0. The molecule has 9 heteroatoms. The number of fused-ring (bicyclic) bond motifs is 5. The van der Waals surface area contributed by atoms with E-state index < -0.39 is 17.2 Å². The van der Waals surface area contributed by atoms with E-state index in [4.69, 9.17) is 19.2 Å². The average molecular weight is 492 g/mol. The molecule has 3 aromatic rings. The van der Waals surface area contributed by atoms with Crippen LogP contribution in [0.4, 0.5) is 5.82 Å². The minimum absolute atomic E-state index is 0.0381. The highest BCUT2D eigenvalue weighted by molar-refractivity contribution is 5.96. The van der Waals surface area contributed by atoms with Gasteiger partial charge in [0.05, 0.1) is 25.3 Å². The molecular weight excluding hydrogens is 462 g/mol. The molecule has 3 aliphatic rings. The Morgan fingerprint density at radius 1 is 1.25 bits per heavy atom. The monoisotopic (exact) mass is 491 g/mol. The molecule has 0 amide bonds. The molecule has 6 rings (SSSR count). The molecule has 1 aliphatic carbocycles. The summed E-state index contributed by atoms with van der Waals surface area (Å²) in [6.07, 6.45) is 5.25. The van der Waals surface area contributed by atoms with Crippen LogP contribution in [0.1, 0.15) is 54.2 Å². The van der Waals surface area contributed by atoms with E-state index in [9.17, 15) is 14.7 Å². The van der Waals surface area contributed by atoms with E-state index in [2.05, 4.69) is 4.90 Å². The fourth-order valence-electron chi connectivity index (χ4n) is 5.28. The van der Waals surface area contributed by atoms with Crippen LogP contribution in [-0.2, 0) is 27.4 Å². The normalized spacial score (nSPS) is 20.6. The lowest BCUT2D eigenvalue weighted by atomic mass is 9.95. The van der Waals surface area contributed by atoms with Crippen molar-refractivity contribution in [2.24, 2.45) is 0 Å². The summed E-state index contributed by atoms with van der Waals surface area (Å²) in [6, 6.07) is 5.88. The predicted octanol–water partition coefficient (Wildman–Crippen LogP) is 3.71. The molecule has 36 heavy (non-hydrogen) atoms. The Hall–Kier alpha value is -3.27. The van der Waals surface area contributed by atoms with Gasteiger partial charge in [-0.1, -0.05) is 6.07 Å². The number of carboxylic acids is 1. The van der Waals surface area contributed by atoms with Gasteiger partial charge in [0, 0.05) is 48.5 Å². The first-order chi connectivity index (χ1) is 17.2. The lowest BCUT2D eigenvalue weighted by Crippen LogP contribution is -2.32. The van der Waals surface area contributed by atoms with Crippen molar-refractivity contribution >= 4 is 22.7 Å². The molecule has 0 unspecified atom stereocenters.